The van der Waals surface area contributed by atoms with E-state index in [9.17, 15) is 0 Å². The molecule has 0 amide bonds. The lowest BCUT2D eigenvalue weighted by Gasteiger charge is -2.02. The van der Waals surface area contributed by atoms with Crippen LogP contribution in [0.4, 0.5) is 0 Å². The van der Waals surface area contributed by atoms with E-state index in [0.29, 0.717) is 6.61 Å². The molecule has 1 aromatic carbocycles. The van der Waals surface area contributed by atoms with Gasteiger partial charge in [-0.25, -0.2) is 0 Å². The van der Waals surface area contributed by atoms with E-state index >= 15 is 0 Å². The average molecular weight is 234 g/mol. The van der Waals surface area contributed by atoms with Crippen LogP contribution in [-0.2, 0) is 4.74 Å². The predicted molar refractivity (Wildman–Crippen MR) is 71.5 cm³/mol. The number of unbranched alkanes of at least 4 members (excludes halogenated alkanes) is 2. The van der Waals surface area contributed by atoms with E-state index in [4.69, 9.17) is 9.47 Å². The lowest BCUT2D eigenvalue weighted by Crippen LogP contribution is -1.93. The molecule has 0 spiro atoms. The molecule has 0 radical (unpaired) electrons. The van der Waals surface area contributed by atoms with Gasteiger partial charge in [0.25, 0.3) is 0 Å². The highest BCUT2D eigenvalue weighted by Gasteiger charge is 1.90. The van der Waals surface area contributed by atoms with E-state index in [1.165, 1.54) is 12.0 Å². The summed E-state index contributed by atoms with van der Waals surface area (Å²) in [5, 5.41) is 0. The predicted octanol–water partition coefficient (Wildman–Crippen LogP) is 3.75. The van der Waals surface area contributed by atoms with E-state index in [0.717, 1.165) is 25.2 Å². The first-order valence-corrected chi connectivity index (χ1v) is 6.16. The molecular weight excluding hydrogens is 212 g/mol. The van der Waals surface area contributed by atoms with Crippen LogP contribution in [0, 0.1) is 6.92 Å². The van der Waals surface area contributed by atoms with Crippen LogP contribution >= 0.6 is 0 Å². The van der Waals surface area contributed by atoms with Gasteiger partial charge in [0.1, 0.15) is 12.4 Å². The van der Waals surface area contributed by atoms with Crippen molar-refractivity contribution in [3.63, 3.8) is 0 Å². The van der Waals surface area contributed by atoms with Crippen molar-refractivity contribution < 1.29 is 9.47 Å². The Morgan fingerprint density at radius 3 is 2.53 bits per heavy atom. The average Bonchev–Trinajstić information content (AvgIpc) is 2.35. The third-order valence-electron chi connectivity index (χ3n) is 2.50. The SMILES string of the molecule is COCCCC/C=C/COc1ccc(C)cc1. The number of rotatable bonds is 8. The summed E-state index contributed by atoms with van der Waals surface area (Å²) in [6.07, 6.45) is 7.64. The maximum Gasteiger partial charge on any atom is 0.119 e. The molecule has 0 N–H and O–H groups in total. The number of hydrogen-bond donors (Lipinski definition) is 0. The fraction of sp³-hybridized carbons (Fsp3) is 0.467. The third-order valence-corrected chi connectivity index (χ3v) is 2.50. The molecule has 1 aromatic rings. The van der Waals surface area contributed by atoms with Gasteiger partial charge < -0.3 is 9.47 Å². The Hall–Kier alpha value is -1.28. The van der Waals surface area contributed by atoms with E-state index in [1.807, 2.05) is 12.1 Å². The van der Waals surface area contributed by atoms with Crippen LogP contribution < -0.4 is 4.74 Å². The van der Waals surface area contributed by atoms with Gasteiger partial charge in [-0.1, -0.05) is 29.8 Å². The van der Waals surface area contributed by atoms with Gasteiger partial charge in [0.15, 0.2) is 0 Å². The van der Waals surface area contributed by atoms with Gasteiger partial charge in [-0.2, -0.15) is 0 Å². The Balaban J connectivity index is 2.07. The number of aryl methyl sites for hydroxylation is 1. The molecule has 0 atom stereocenters. The van der Waals surface area contributed by atoms with Gasteiger partial charge in [-0.15, -0.1) is 0 Å². The molecule has 0 saturated heterocycles. The van der Waals surface area contributed by atoms with Crippen LogP contribution in [0.5, 0.6) is 5.75 Å². The van der Waals surface area contributed by atoms with Gasteiger partial charge in [0.05, 0.1) is 0 Å². The highest BCUT2D eigenvalue weighted by Crippen LogP contribution is 2.11. The van der Waals surface area contributed by atoms with Crippen LogP contribution in [0.25, 0.3) is 0 Å². The molecule has 0 saturated carbocycles. The van der Waals surface area contributed by atoms with Gasteiger partial charge >= 0.3 is 0 Å². The summed E-state index contributed by atoms with van der Waals surface area (Å²) in [6, 6.07) is 8.12. The minimum Gasteiger partial charge on any atom is -0.490 e. The molecule has 0 aliphatic rings. The van der Waals surface area contributed by atoms with Crippen molar-refractivity contribution in [1.82, 2.24) is 0 Å². The van der Waals surface area contributed by atoms with Crippen molar-refractivity contribution in [2.45, 2.75) is 26.2 Å². The Morgan fingerprint density at radius 2 is 1.82 bits per heavy atom. The number of benzene rings is 1. The second-order valence-electron chi connectivity index (χ2n) is 4.08. The molecule has 2 heteroatoms. The number of hydrogen-bond acceptors (Lipinski definition) is 2. The zero-order chi connectivity index (χ0) is 12.3. The number of ether oxygens (including phenoxy) is 2. The van der Waals surface area contributed by atoms with E-state index in [1.54, 1.807) is 7.11 Å². The summed E-state index contributed by atoms with van der Waals surface area (Å²) in [7, 11) is 1.74. The second-order valence-corrected chi connectivity index (χ2v) is 4.08. The molecule has 94 valence electrons. The Morgan fingerprint density at radius 1 is 1.06 bits per heavy atom. The second kappa shape index (κ2) is 8.82. The van der Waals surface area contributed by atoms with Crippen LogP contribution in [-0.4, -0.2) is 20.3 Å². The monoisotopic (exact) mass is 234 g/mol. The summed E-state index contributed by atoms with van der Waals surface area (Å²) in [4.78, 5) is 0. The van der Waals surface area contributed by atoms with Crippen molar-refractivity contribution in [1.29, 1.82) is 0 Å². The molecular formula is C15H22O2. The molecule has 1 rings (SSSR count). The van der Waals surface area contributed by atoms with Crippen LogP contribution in [0.1, 0.15) is 24.8 Å². The molecule has 0 heterocycles. The Labute approximate surface area is 104 Å². The largest absolute Gasteiger partial charge is 0.490 e. The first kappa shape index (κ1) is 13.8. The molecule has 0 fully saturated rings. The van der Waals surface area contributed by atoms with E-state index in [-0.39, 0.29) is 0 Å². The van der Waals surface area contributed by atoms with Crippen molar-refractivity contribution in [3.8, 4) is 5.75 Å². The molecule has 0 bridgehead atoms. The van der Waals surface area contributed by atoms with Crippen molar-refractivity contribution >= 4 is 0 Å². The molecule has 0 unspecified atom stereocenters. The molecule has 0 aliphatic heterocycles. The summed E-state index contributed by atoms with van der Waals surface area (Å²) in [6.45, 7) is 3.57. The van der Waals surface area contributed by atoms with Crippen LogP contribution in [0.3, 0.4) is 0 Å². The molecule has 0 aliphatic carbocycles. The van der Waals surface area contributed by atoms with Crippen molar-refractivity contribution in [3.05, 3.63) is 42.0 Å². The summed E-state index contributed by atoms with van der Waals surface area (Å²) in [5.74, 6) is 0.930. The van der Waals surface area contributed by atoms with E-state index < -0.39 is 0 Å². The zero-order valence-electron chi connectivity index (χ0n) is 10.8. The quantitative estimate of drug-likeness (QED) is 0.504. The summed E-state index contributed by atoms with van der Waals surface area (Å²) >= 11 is 0. The fourth-order valence-electron chi connectivity index (χ4n) is 1.47. The number of methoxy groups -OCH3 is 1. The Bertz CT molecular complexity index is 314. The molecule has 0 aromatic heterocycles. The summed E-state index contributed by atoms with van der Waals surface area (Å²) in [5.41, 5.74) is 1.26. The Kier molecular flexibility index (Phi) is 7.15. The normalized spacial score (nSPS) is 10.9. The van der Waals surface area contributed by atoms with Crippen LogP contribution in [0.15, 0.2) is 36.4 Å². The topological polar surface area (TPSA) is 18.5 Å². The minimum absolute atomic E-state index is 0.646. The van der Waals surface area contributed by atoms with Crippen molar-refractivity contribution in [2.75, 3.05) is 20.3 Å². The summed E-state index contributed by atoms with van der Waals surface area (Å²) < 4.78 is 10.6. The van der Waals surface area contributed by atoms with Crippen molar-refractivity contribution in [2.24, 2.45) is 0 Å². The smallest absolute Gasteiger partial charge is 0.119 e. The zero-order valence-corrected chi connectivity index (χ0v) is 10.8. The first-order valence-electron chi connectivity index (χ1n) is 6.16. The highest BCUT2D eigenvalue weighted by molar-refractivity contribution is 5.26. The maximum absolute atomic E-state index is 5.58. The fourth-order valence-corrected chi connectivity index (χ4v) is 1.47. The third kappa shape index (κ3) is 6.80. The first-order chi connectivity index (χ1) is 8.33. The minimum atomic E-state index is 0.646. The maximum atomic E-state index is 5.58. The lowest BCUT2D eigenvalue weighted by molar-refractivity contribution is 0.193. The standard InChI is InChI=1S/C15H22O2/c1-14-8-10-15(11-9-14)17-13-7-5-3-4-6-12-16-2/h5,7-11H,3-4,6,12-13H2,1-2H3/b7-5+. The molecule has 2 nitrogen and oxygen atoms in total. The number of allylic oxidation sites excluding steroid dienone is 1. The van der Waals surface area contributed by atoms with Gasteiger partial charge in [0.2, 0.25) is 0 Å². The van der Waals surface area contributed by atoms with E-state index in [2.05, 4.69) is 31.2 Å². The molecule has 17 heavy (non-hydrogen) atoms. The van der Waals surface area contributed by atoms with Crippen LogP contribution in [0.2, 0.25) is 0 Å². The van der Waals surface area contributed by atoms with Gasteiger partial charge in [-0.3, -0.25) is 0 Å². The highest BCUT2D eigenvalue weighted by atomic mass is 16.5. The lowest BCUT2D eigenvalue weighted by atomic mass is 10.2. The van der Waals surface area contributed by atoms with Gasteiger partial charge in [0, 0.05) is 13.7 Å². The van der Waals surface area contributed by atoms with Gasteiger partial charge in [-0.05, 0) is 38.3 Å².